The van der Waals surface area contributed by atoms with Gasteiger partial charge in [0.25, 0.3) is 0 Å². The third-order valence-corrected chi connectivity index (χ3v) is 11.3. The second-order valence-electron chi connectivity index (χ2n) is 14.8. The summed E-state index contributed by atoms with van der Waals surface area (Å²) < 4.78 is 30.2. The second kappa shape index (κ2) is 15.7. The molecule has 5 heterocycles. The van der Waals surface area contributed by atoms with Gasteiger partial charge in [0.05, 0.1) is 20.2 Å². The van der Waals surface area contributed by atoms with Crippen LogP contribution in [0.15, 0.2) is 46.4 Å². The highest BCUT2D eigenvalue weighted by atomic mass is 16.6. The minimum absolute atomic E-state index is 0.0698. The van der Waals surface area contributed by atoms with E-state index >= 15 is 0 Å². The summed E-state index contributed by atoms with van der Waals surface area (Å²) >= 11 is 0. The maximum atomic E-state index is 13.7. The highest BCUT2D eigenvalue weighted by Crippen LogP contribution is 2.48. The molecule has 284 valence electrons. The predicted molar refractivity (Wildman–Crippen MR) is 198 cm³/mol. The van der Waals surface area contributed by atoms with Gasteiger partial charge in [-0.25, -0.2) is 14.8 Å². The maximum Gasteiger partial charge on any atom is 0.407 e. The topological polar surface area (TPSA) is 141 Å². The molecule has 3 amide bonds. The second-order valence-corrected chi connectivity index (χ2v) is 14.8. The molecule has 0 radical (unpaired) electrons. The molecule has 0 bridgehead atoms. The fraction of sp³-hybridized carbons (Fsp3) is 0.575. The normalized spacial score (nSPS) is 24.7. The van der Waals surface area contributed by atoms with E-state index in [0.29, 0.717) is 66.8 Å². The lowest BCUT2D eigenvalue weighted by Gasteiger charge is -2.31. The van der Waals surface area contributed by atoms with E-state index in [1.807, 2.05) is 55.1 Å². The van der Waals surface area contributed by atoms with Crippen molar-refractivity contribution in [2.45, 2.75) is 103 Å². The molecule has 2 aromatic carbocycles. The monoisotopic (exact) mass is 729 g/mol. The number of aliphatic imine (C=N–C) groups is 2. The average Bonchev–Trinajstić information content (AvgIpc) is 4.01. The number of hydrogen-bond donors (Lipinski definition) is 1. The number of rotatable bonds is 11. The van der Waals surface area contributed by atoms with Gasteiger partial charge in [-0.1, -0.05) is 52.7 Å². The Bertz CT molecular complexity index is 1780. The van der Waals surface area contributed by atoms with Crippen molar-refractivity contribution < 1.29 is 38.1 Å². The number of hydrogen-bond acceptors (Lipinski definition) is 10. The molecule has 2 aromatic rings. The summed E-state index contributed by atoms with van der Waals surface area (Å²) in [6, 6.07) is 10.5. The number of ether oxygens (including phenoxy) is 5. The Labute approximate surface area is 311 Å². The first-order valence-corrected chi connectivity index (χ1v) is 19.2. The van der Waals surface area contributed by atoms with Gasteiger partial charge in [0, 0.05) is 19.5 Å². The van der Waals surface area contributed by atoms with Crippen LogP contribution in [-0.2, 0) is 23.8 Å². The van der Waals surface area contributed by atoms with Crippen LogP contribution in [0.5, 0.6) is 23.0 Å². The zero-order valence-electron chi connectivity index (χ0n) is 31.3. The SMILES string of the molecule is CC[C@H](C)CC(=O)N1CCC[C@H]1C1=NCC(c2ccc3c(c2)Oc2ccc(C4CN=C([C@@H]5CCCN5C(=O)[C@@H](NC(=O)OC)[C@@H](C)CC)O4)cc2O3)O1. The number of methoxy groups -OCH3 is 1. The number of carbonyl (C=O) groups excluding carboxylic acids is 3. The Hall–Kier alpha value is -4.81. The first kappa shape index (κ1) is 36.5. The van der Waals surface area contributed by atoms with Crippen molar-refractivity contribution in [3.63, 3.8) is 0 Å². The lowest BCUT2D eigenvalue weighted by molar-refractivity contribution is -0.134. The molecular formula is C40H51N5O8. The summed E-state index contributed by atoms with van der Waals surface area (Å²) in [6.07, 6.45) is 4.40. The molecule has 13 nitrogen and oxygen atoms in total. The molecule has 1 N–H and O–H groups in total. The number of nitrogens with one attached hydrogen (secondary N) is 1. The highest BCUT2D eigenvalue weighted by Gasteiger charge is 2.42. The molecule has 13 heteroatoms. The Morgan fingerprint density at radius 2 is 1.36 bits per heavy atom. The lowest BCUT2D eigenvalue weighted by Crippen LogP contribution is -2.54. The number of benzene rings is 2. The Morgan fingerprint density at radius 1 is 0.811 bits per heavy atom. The summed E-state index contributed by atoms with van der Waals surface area (Å²) in [5.74, 6) is 3.85. The van der Waals surface area contributed by atoms with E-state index in [1.165, 1.54) is 7.11 Å². The standard InChI is InChI=1S/C40H51N5O8/c1-6-23(3)18-35(46)44-16-8-10-27(44)37-41-21-33(52-37)25-12-14-29-31(19-25)50-30-15-13-26(20-32(30)51-29)34-22-42-38(53-34)28-11-9-17-45(28)39(47)36(24(4)7-2)43-40(48)49-5/h12-15,19-20,23-24,27-28,33-34,36H,6-11,16-18,21-22H2,1-5H3,(H,43,48)/t23-,24-,27-,28-,33?,34?,36-/m0/s1. The number of carbonyl (C=O) groups is 3. The van der Waals surface area contributed by atoms with Crippen molar-refractivity contribution in [1.29, 1.82) is 0 Å². The number of fused-ring (bicyclic) bond motifs is 2. The maximum absolute atomic E-state index is 13.7. The van der Waals surface area contributed by atoms with Gasteiger partial charge in [0.2, 0.25) is 23.6 Å². The van der Waals surface area contributed by atoms with Crippen LogP contribution in [0.4, 0.5) is 4.79 Å². The molecule has 2 saturated heterocycles. The number of alkyl carbamates (subject to hydrolysis) is 1. The molecule has 7 atom stereocenters. The minimum atomic E-state index is -0.696. The van der Waals surface area contributed by atoms with Crippen LogP contribution < -0.4 is 14.8 Å². The van der Waals surface area contributed by atoms with Crippen molar-refractivity contribution in [2.24, 2.45) is 21.8 Å². The smallest absolute Gasteiger partial charge is 0.407 e. The first-order valence-electron chi connectivity index (χ1n) is 19.2. The Balaban J connectivity index is 0.968. The molecule has 53 heavy (non-hydrogen) atoms. The Morgan fingerprint density at radius 3 is 1.89 bits per heavy atom. The fourth-order valence-electron chi connectivity index (χ4n) is 7.73. The van der Waals surface area contributed by atoms with Crippen LogP contribution in [0, 0.1) is 11.8 Å². The number of likely N-dealkylation sites (tertiary alicyclic amines) is 2. The Kier molecular flexibility index (Phi) is 10.8. The molecular weight excluding hydrogens is 678 g/mol. The van der Waals surface area contributed by atoms with E-state index in [2.05, 4.69) is 19.2 Å². The van der Waals surface area contributed by atoms with Gasteiger partial charge in [0.1, 0.15) is 30.3 Å². The zero-order chi connectivity index (χ0) is 37.2. The molecule has 0 aromatic heterocycles. The summed E-state index contributed by atoms with van der Waals surface area (Å²) in [6.45, 7) is 10.4. The molecule has 7 rings (SSSR count). The molecule has 5 aliphatic rings. The van der Waals surface area contributed by atoms with E-state index in [1.54, 1.807) is 4.90 Å². The molecule has 2 unspecified atom stereocenters. The van der Waals surface area contributed by atoms with E-state index in [4.69, 9.17) is 33.7 Å². The average molecular weight is 730 g/mol. The lowest BCUT2D eigenvalue weighted by atomic mass is 9.97. The van der Waals surface area contributed by atoms with Crippen molar-refractivity contribution in [3.05, 3.63) is 47.5 Å². The van der Waals surface area contributed by atoms with Crippen molar-refractivity contribution >= 4 is 29.7 Å². The molecule has 0 spiro atoms. The van der Waals surface area contributed by atoms with Gasteiger partial charge in [-0.05, 0) is 72.9 Å². The highest BCUT2D eigenvalue weighted by molar-refractivity contribution is 5.93. The molecule has 2 fully saturated rings. The van der Waals surface area contributed by atoms with Gasteiger partial charge in [-0.15, -0.1) is 0 Å². The first-order chi connectivity index (χ1) is 25.7. The minimum Gasteiger partial charge on any atom is -0.469 e. The quantitative estimate of drug-likeness (QED) is 0.230. The summed E-state index contributed by atoms with van der Waals surface area (Å²) in [5.41, 5.74) is 1.82. The van der Waals surface area contributed by atoms with Gasteiger partial charge in [-0.2, -0.15) is 0 Å². The largest absolute Gasteiger partial charge is 0.469 e. The third kappa shape index (κ3) is 7.52. The van der Waals surface area contributed by atoms with Crippen molar-refractivity contribution in [1.82, 2.24) is 15.1 Å². The fourth-order valence-corrected chi connectivity index (χ4v) is 7.73. The summed E-state index contributed by atoms with van der Waals surface area (Å²) in [5, 5.41) is 2.73. The van der Waals surface area contributed by atoms with Crippen LogP contribution in [0.3, 0.4) is 0 Å². The number of nitrogens with zero attached hydrogens (tertiary/aromatic N) is 4. The molecule has 0 aliphatic carbocycles. The van der Waals surface area contributed by atoms with Crippen LogP contribution in [0.2, 0.25) is 0 Å². The molecule has 5 aliphatic heterocycles. The van der Waals surface area contributed by atoms with Crippen LogP contribution in [0.25, 0.3) is 0 Å². The van der Waals surface area contributed by atoms with E-state index in [0.717, 1.165) is 56.2 Å². The van der Waals surface area contributed by atoms with Crippen molar-refractivity contribution in [2.75, 3.05) is 33.3 Å². The third-order valence-electron chi connectivity index (χ3n) is 11.3. The summed E-state index contributed by atoms with van der Waals surface area (Å²) in [4.78, 5) is 52.0. The van der Waals surface area contributed by atoms with Gasteiger partial charge in [0.15, 0.2) is 23.0 Å². The summed E-state index contributed by atoms with van der Waals surface area (Å²) in [7, 11) is 1.29. The van der Waals surface area contributed by atoms with Gasteiger partial charge < -0.3 is 38.8 Å². The zero-order valence-corrected chi connectivity index (χ0v) is 31.3. The molecule has 0 saturated carbocycles. The van der Waals surface area contributed by atoms with Gasteiger partial charge in [-0.3, -0.25) is 9.59 Å². The van der Waals surface area contributed by atoms with Crippen molar-refractivity contribution in [3.8, 4) is 23.0 Å². The van der Waals surface area contributed by atoms with Gasteiger partial charge >= 0.3 is 6.09 Å². The van der Waals surface area contributed by atoms with Crippen LogP contribution in [-0.4, -0.2) is 90.9 Å². The number of amides is 3. The predicted octanol–water partition coefficient (Wildman–Crippen LogP) is 6.71. The van der Waals surface area contributed by atoms with Crippen LogP contribution in [0.1, 0.15) is 96.0 Å². The van der Waals surface area contributed by atoms with E-state index in [-0.39, 0.29) is 42.0 Å². The van der Waals surface area contributed by atoms with Crippen LogP contribution >= 0.6 is 0 Å². The van der Waals surface area contributed by atoms with E-state index < -0.39 is 12.1 Å². The van der Waals surface area contributed by atoms with E-state index in [9.17, 15) is 14.4 Å².